The van der Waals surface area contributed by atoms with Crippen molar-refractivity contribution in [3.63, 3.8) is 0 Å². The second-order valence-corrected chi connectivity index (χ2v) is 9.84. The Morgan fingerprint density at radius 1 is 1.16 bits per heavy atom. The molecule has 0 saturated carbocycles. The molecule has 0 radical (unpaired) electrons. The van der Waals surface area contributed by atoms with E-state index in [4.69, 9.17) is 4.74 Å². The van der Waals surface area contributed by atoms with Gasteiger partial charge in [-0.25, -0.2) is 13.6 Å². The van der Waals surface area contributed by atoms with E-state index in [2.05, 4.69) is 24.1 Å². The van der Waals surface area contributed by atoms with Crippen LogP contribution in [-0.4, -0.2) is 36.7 Å². The van der Waals surface area contributed by atoms with Crippen LogP contribution in [0.2, 0.25) is 0 Å². The van der Waals surface area contributed by atoms with Crippen LogP contribution in [0.1, 0.15) is 43.9 Å². The number of carbonyl (C=O) groups is 1. The Hall–Kier alpha value is -2.47. The Kier molecular flexibility index (Phi) is 5.00. The molecule has 6 rings (SSSR count). The summed E-state index contributed by atoms with van der Waals surface area (Å²) in [5.41, 5.74) is 2.73. The molecule has 1 N–H and O–H groups in total. The van der Waals surface area contributed by atoms with Gasteiger partial charge in [-0.1, -0.05) is 44.2 Å². The summed E-state index contributed by atoms with van der Waals surface area (Å²) in [6.45, 7) is 7.24. The first kappa shape index (κ1) is 20.4. The predicted molar refractivity (Wildman–Crippen MR) is 115 cm³/mol. The van der Waals surface area contributed by atoms with E-state index in [9.17, 15) is 13.6 Å². The largest absolute Gasteiger partial charge is 0.445 e. The van der Waals surface area contributed by atoms with E-state index in [-0.39, 0.29) is 29.2 Å². The van der Waals surface area contributed by atoms with Crippen molar-refractivity contribution in [1.82, 2.24) is 10.2 Å². The number of rotatable bonds is 3. The number of amides is 1. The van der Waals surface area contributed by atoms with Gasteiger partial charge in [0.2, 0.25) is 0 Å². The van der Waals surface area contributed by atoms with Crippen LogP contribution in [0.5, 0.6) is 0 Å². The summed E-state index contributed by atoms with van der Waals surface area (Å²) in [4.78, 5) is 15.1. The van der Waals surface area contributed by atoms with Gasteiger partial charge < -0.3 is 10.1 Å². The molecule has 1 amide bonds. The summed E-state index contributed by atoms with van der Waals surface area (Å²) >= 11 is 0. The standard InChI is InChI=1S/C25H28F2N2O2/c1-25(2)13-17-12-16(18-4-3-5-20(26)22(18)27)6-7-19(17)23(25)28-24(30)31-21-14-29-10-8-15(21)9-11-29/h3-7,12,15,21,23H,8-11,13-14H2,1-2H3,(H,28,30)/t21-,23?/m1/s1. The Morgan fingerprint density at radius 2 is 1.94 bits per heavy atom. The molecule has 3 heterocycles. The molecular formula is C25H28F2N2O2. The van der Waals surface area contributed by atoms with Gasteiger partial charge in [-0.3, -0.25) is 4.90 Å². The smallest absolute Gasteiger partial charge is 0.407 e. The highest BCUT2D eigenvalue weighted by Gasteiger charge is 2.42. The van der Waals surface area contributed by atoms with E-state index in [1.165, 1.54) is 6.07 Å². The second-order valence-electron chi connectivity index (χ2n) is 9.84. The number of hydrogen-bond acceptors (Lipinski definition) is 3. The highest BCUT2D eigenvalue weighted by atomic mass is 19.2. The van der Waals surface area contributed by atoms with Crippen LogP contribution in [0, 0.1) is 23.0 Å². The van der Waals surface area contributed by atoms with E-state index < -0.39 is 11.6 Å². The number of nitrogens with zero attached hydrogens (tertiary/aromatic N) is 1. The first-order chi connectivity index (χ1) is 14.8. The van der Waals surface area contributed by atoms with Gasteiger partial charge in [0.05, 0.1) is 6.04 Å². The maximum absolute atomic E-state index is 14.3. The lowest BCUT2D eigenvalue weighted by Gasteiger charge is -2.44. The number of ether oxygens (including phenoxy) is 1. The second kappa shape index (κ2) is 7.59. The van der Waals surface area contributed by atoms with Crippen molar-refractivity contribution in [3.05, 3.63) is 59.2 Å². The molecule has 3 saturated heterocycles. The van der Waals surface area contributed by atoms with Crippen LogP contribution in [0.3, 0.4) is 0 Å². The maximum atomic E-state index is 14.3. The van der Waals surface area contributed by atoms with Gasteiger partial charge in [0.1, 0.15) is 6.10 Å². The highest BCUT2D eigenvalue weighted by molar-refractivity contribution is 5.70. The van der Waals surface area contributed by atoms with Gasteiger partial charge in [0.15, 0.2) is 11.6 Å². The van der Waals surface area contributed by atoms with Gasteiger partial charge in [-0.2, -0.15) is 0 Å². The van der Waals surface area contributed by atoms with E-state index in [1.54, 1.807) is 12.1 Å². The summed E-state index contributed by atoms with van der Waals surface area (Å²) in [7, 11) is 0. The van der Waals surface area contributed by atoms with E-state index in [0.717, 1.165) is 56.1 Å². The molecular weight excluding hydrogens is 398 g/mol. The van der Waals surface area contributed by atoms with Crippen molar-refractivity contribution in [3.8, 4) is 11.1 Å². The third-order valence-electron chi connectivity index (χ3n) is 7.26. The zero-order valence-corrected chi connectivity index (χ0v) is 18.0. The number of piperidine rings is 3. The topological polar surface area (TPSA) is 41.6 Å². The van der Waals surface area contributed by atoms with Crippen LogP contribution in [0.15, 0.2) is 36.4 Å². The summed E-state index contributed by atoms with van der Waals surface area (Å²) in [6, 6.07) is 9.66. The Labute approximate surface area is 181 Å². The summed E-state index contributed by atoms with van der Waals surface area (Å²) in [6.07, 6.45) is 2.51. The zero-order chi connectivity index (χ0) is 21.8. The van der Waals surface area contributed by atoms with Crippen molar-refractivity contribution in [2.24, 2.45) is 11.3 Å². The fourth-order valence-corrected chi connectivity index (χ4v) is 5.56. The summed E-state index contributed by atoms with van der Waals surface area (Å²) in [5.74, 6) is -1.23. The Balaban J connectivity index is 1.35. The number of alkyl carbamates (subject to hydrolysis) is 1. The average Bonchev–Trinajstić information content (AvgIpc) is 2.99. The minimum atomic E-state index is -0.853. The molecule has 1 aliphatic carbocycles. The first-order valence-corrected chi connectivity index (χ1v) is 11.1. The minimum Gasteiger partial charge on any atom is -0.445 e. The zero-order valence-electron chi connectivity index (χ0n) is 18.0. The molecule has 2 atom stereocenters. The predicted octanol–water partition coefficient (Wildman–Crippen LogP) is 5.08. The Morgan fingerprint density at radius 3 is 2.65 bits per heavy atom. The van der Waals surface area contributed by atoms with Crippen molar-refractivity contribution in [2.45, 2.75) is 45.3 Å². The van der Waals surface area contributed by atoms with Crippen LogP contribution >= 0.6 is 0 Å². The number of fused-ring (bicyclic) bond motifs is 4. The molecule has 1 unspecified atom stereocenters. The first-order valence-electron chi connectivity index (χ1n) is 11.1. The van der Waals surface area contributed by atoms with Gasteiger partial charge in [0, 0.05) is 12.1 Å². The monoisotopic (exact) mass is 426 g/mol. The van der Waals surface area contributed by atoms with Crippen molar-refractivity contribution in [2.75, 3.05) is 19.6 Å². The molecule has 164 valence electrons. The molecule has 4 nitrogen and oxygen atoms in total. The number of halogens is 2. The highest BCUT2D eigenvalue weighted by Crippen LogP contribution is 2.46. The maximum Gasteiger partial charge on any atom is 0.407 e. The fourth-order valence-electron chi connectivity index (χ4n) is 5.56. The molecule has 2 aromatic carbocycles. The average molecular weight is 427 g/mol. The Bertz CT molecular complexity index is 1010. The molecule has 31 heavy (non-hydrogen) atoms. The van der Waals surface area contributed by atoms with Gasteiger partial charge in [-0.05, 0) is 66.4 Å². The lowest BCUT2D eigenvalue weighted by molar-refractivity contribution is -0.0348. The normalized spacial score (nSPS) is 28.3. The molecule has 3 fully saturated rings. The summed E-state index contributed by atoms with van der Waals surface area (Å²) in [5, 5.41) is 3.10. The van der Waals surface area contributed by atoms with E-state index >= 15 is 0 Å². The van der Waals surface area contributed by atoms with E-state index in [0.29, 0.717) is 11.5 Å². The van der Waals surface area contributed by atoms with Gasteiger partial charge in [0.25, 0.3) is 0 Å². The van der Waals surface area contributed by atoms with Crippen molar-refractivity contribution >= 4 is 6.09 Å². The summed E-state index contributed by atoms with van der Waals surface area (Å²) < 4.78 is 33.8. The molecule has 4 aliphatic rings. The van der Waals surface area contributed by atoms with Crippen LogP contribution < -0.4 is 5.32 Å². The van der Waals surface area contributed by atoms with Crippen molar-refractivity contribution < 1.29 is 18.3 Å². The van der Waals surface area contributed by atoms with Crippen LogP contribution in [0.25, 0.3) is 11.1 Å². The molecule has 2 aromatic rings. The molecule has 2 bridgehead atoms. The van der Waals surface area contributed by atoms with Crippen LogP contribution in [0.4, 0.5) is 13.6 Å². The number of hydrogen-bond donors (Lipinski definition) is 1. The minimum absolute atomic E-state index is 0.0372. The molecule has 0 spiro atoms. The van der Waals surface area contributed by atoms with Gasteiger partial charge in [-0.15, -0.1) is 0 Å². The molecule has 3 aliphatic heterocycles. The fraction of sp³-hybridized carbons (Fsp3) is 0.480. The third kappa shape index (κ3) is 3.71. The number of carbonyl (C=O) groups excluding carboxylic acids is 1. The lowest BCUT2D eigenvalue weighted by atomic mass is 9.85. The van der Waals surface area contributed by atoms with Gasteiger partial charge >= 0.3 is 6.09 Å². The third-order valence-corrected chi connectivity index (χ3v) is 7.26. The SMILES string of the molecule is CC1(C)Cc2cc(-c3cccc(F)c3F)ccc2C1NC(=O)O[C@@H]1CN2CCC1CC2. The quantitative estimate of drug-likeness (QED) is 0.745. The molecule has 0 aromatic heterocycles. The van der Waals surface area contributed by atoms with Crippen LogP contribution in [-0.2, 0) is 11.2 Å². The van der Waals surface area contributed by atoms with E-state index in [1.807, 2.05) is 12.1 Å². The van der Waals surface area contributed by atoms with Crippen molar-refractivity contribution in [1.29, 1.82) is 0 Å². The number of benzene rings is 2. The molecule has 6 heteroatoms. The lowest BCUT2D eigenvalue weighted by Crippen LogP contribution is -2.53. The number of nitrogens with one attached hydrogen (secondary N) is 1.